The monoisotopic (exact) mass is 379 g/mol. The predicted molar refractivity (Wildman–Crippen MR) is 102 cm³/mol. The Bertz CT molecular complexity index is 418. The Balaban J connectivity index is 5.98. The highest BCUT2D eigenvalue weighted by Crippen LogP contribution is 2.33. The van der Waals surface area contributed by atoms with Crippen LogP contribution in [0.15, 0.2) is 0 Å². The average molecular weight is 380 g/mol. The first-order valence-corrected chi connectivity index (χ1v) is 9.76. The first kappa shape index (κ1) is 23.1. The summed E-state index contributed by atoms with van der Waals surface area (Å²) in [4.78, 5) is 25.9. The van der Waals surface area contributed by atoms with Crippen molar-refractivity contribution >= 4 is 42.0 Å². The second-order valence-corrected chi connectivity index (χ2v) is 9.07. The Morgan fingerprint density at radius 1 is 1.21 bits per heavy atom. The molecule has 1 atom stereocenters. The van der Waals surface area contributed by atoms with Gasteiger partial charge in [0.25, 0.3) is 0 Å². The van der Waals surface area contributed by atoms with Crippen LogP contribution in [0.25, 0.3) is 0 Å². The number of carbonyl (C=O) groups is 2. The summed E-state index contributed by atoms with van der Waals surface area (Å²) in [5.41, 5.74) is 0. The number of imide groups is 1. The molecule has 0 radical (unpaired) electrons. The number of quaternary nitrogens is 1. The molecule has 0 saturated carbocycles. The van der Waals surface area contributed by atoms with Gasteiger partial charge in [-0.25, -0.2) is 15.0 Å². The van der Waals surface area contributed by atoms with Gasteiger partial charge in [-0.05, 0) is 30.3 Å². The molecule has 0 bridgehead atoms. The maximum Gasteiger partial charge on any atom is 0.457 e. The number of hydrogen-bond donors (Lipinski definition) is 2. The molecule has 0 saturated heterocycles. The molecule has 140 valence electrons. The zero-order valence-corrected chi connectivity index (χ0v) is 17.3. The fourth-order valence-electron chi connectivity index (χ4n) is 1.94. The summed E-state index contributed by atoms with van der Waals surface area (Å²) in [6.45, 7) is 10.1. The lowest BCUT2D eigenvalue weighted by Crippen LogP contribution is -2.66. The van der Waals surface area contributed by atoms with Crippen molar-refractivity contribution in [3.8, 4) is 0 Å². The quantitative estimate of drug-likeness (QED) is 0.302. The zero-order valence-electron chi connectivity index (χ0n) is 15.7. The minimum Gasteiger partial charge on any atom is -0.439 e. The van der Waals surface area contributed by atoms with E-state index in [9.17, 15) is 9.59 Å². The molecule has 24 heavy (non-hydrogen) atoms. The highest BCUT2D eigenvalue weighted by molar-refractivity contribution is 8.13. The maximum absolute atomic E-state index is 13.3. The van der Waals surface area contributed by atoms with Crippen molar-refractivity contribution in [1.29, 1.82) is 5.41 Å². The third kappa shape index (κ3) is 5.86. The summed E-state index contributed by atoms with van der Waals surface area (Å²) in [6, 6.07) is -1.39. The molecule has 0 spiro atoms. The van der Waals surface area contributed by atoms with Gasteiger partial charge in [0.2, 0.25) is 0 Å². The number of rotatable bonds is 7. The number of amidine groups is 1. The lowest BCUT2D eigenvalue weighted by Gasteiger charge is -2.34. The van der Waals surface area contributed by atoms with E-state index >= 15 is 0 Å². The average Bonchev–Trinajstić information content (AvgIpc) is 2.52. The van der Waals surface area contributed by atoms with Crippen molar-refractivity contribution in [2.45, 2.75) is 58.0 Å². The zero-order chi connectivity index (χ0) is 18.9. The van der Waals surface area contributed by atoms with E-state index < -0.39 is 16.5 Å². The van der Waals surface area contributed by atoms with E-state index in [0.29, 0.717) is 6.42 Å². The number of hydrogen-bond acceptors (Lipinski definition) is 6. The molecule has 0 heterocycles. The summed E-state index contributed by atoms with van der Waals surface area (Å²) in [6.07, 6.45) is 1.42. The molecular weight excluding hydrogens is 348 g/mol. The van der Waals surface area contributed by atoms with Gasteiger partial charge in [-0.15, -0.1) is 0 Å². The largest absolute Gasteiger partial charge is 0.457 e. The van der Waals surface area contributed by atoms with E-state index in [1.54, 1.807) is 0 Å². The van der Waals surface area contributed by atoms with Crippen LogP contribution in [0.5, 0.6) is 0 Å². The Morgan fingerprint density at radius 2 is 1.71 bits per heavy atom. The van der Waals surface area contributed by atoms with Gasteiger partial charge in [0.05, 0.1) is 7.11 Å². The molecule has 4 amide bonds. The fourth-order valence-corrected chi connectivity index (χ4v) is 4.40. The van der Waals surface area contributed by atoms with Crippen molar-refractivity contribution in [3.05, 3.63) is 0 Å². The fraction of sp³-hybridized carbons (Fsp3) is 0.800. The van der Waals surface area contributed by atoms with Crippen molar-refractivity contribution < 1.29 is 18.8 Å². The van der Waals surface area contributed by atoms with Crippen LogP contribution in [0.3, 0.4) is 0 Å². The minimum absolute atomic E-state index is 0.162. The lowest BCUT2D eigenvalue weighted by molar-refractivity contribution is -0.686. The van der Waals surface area contributed by atoms with E-state index in [2.05, 4.69) is 5.32 Å². The molecule has 2 N–H and O–H groups in total. The van der Waals surface area contributed by atoms with Crippen LogP contribution in [0.2, 0.25) is 0 Å². The molecule has 0 aliphatic carbocycles. The molecule has 0 aromatic heterocycles. The normalized spacial score (nSPS) is 13.5. The standard InChI is InChI=1S/C15H30N4O3S2/c1-8-9-10-19(13(16)22-7,14(20)17-6)15(21)18(23-11(2)3)24-12(4)5/h11-12,16H,8-10H2,1-7H3/p+1. The molecule has 9 heteroatoms. The van der Waals surface area contributed by atoms with Gasteiger partial charge in [0.1, 0.15) is 6.54 Å². The first-order chi connectivity index (χ1) is 11.2. The molecule has 0 aromatic rings. The van der Waals surface area contributed by atoms with Gasteiger partial charge in [0, 0.05) is 17.5 Å². The molecule has 7 nitrogen and oxygen atoms in total. The Morgan fingerprint density at radius 3 is 2.04 bits per heavy atom. The third-order valence-corrected chi connectivity index (χ3v) is 5.10. The summed E-state index contributed by atoms with van der Waals surface area (Å²) < 4.78 is 5.78. The third-order valence-electron chi connectivity index (χ3n) is 3.04. The number of urea groups is 2. The maximum atomic E-state index is 13.3. The first-order valence-electron chi connectivity index (χ1n) is 8.08. The van der Waals surface area contributed by atoms with E-state index in [4.69, 9.17) is 10.1 Å². The van der Waals surface area contributed by atoms with Crippen LogP contribution in [0, 0.1) is 5.41 Å². The number of ether oxygens (including phenoxy) is 1. The number of carbonyl (C=O) groups excluding carboxylic acids is 2. The van der Waals surface area contributed by atoms with Crippen LogP contribution < -0.4 is 5.32 Å². The van der Waals surface area contributed by atoms with Gasteiger partial charge >= 0.3 is 18.1 Å². The van der Waals surface area contributed by atoms with E-state index in [-0.39, 0.29) is 23.1 Å². The van der Waals surface area contributed by atoms with Crippen LogP contribution in [0.4, 0.5) is 9.59 Å². The number of amides is 4. The highest BCUT2D eigenvalue weighted by Gasteiger charge is 2.54. The Labute approximate surface area is 154 Å². The van der Waals surface area contributed by atoms with Crippen molar-refractivity contribution in [1.82, 2.24) is 9.03 Å². The van der Waals surface area contributed by atoms with Gasteiger partial charge in [-0.2, -0.15) is 3.71 Å². The van der Waals surface area contributed by atoms with Crippen molar-refractivity contribution in [2.24, 2.45) is 0 Å². The SMILES string of the molecule is CCCC[N+](C(=N)OC)(C(=O)NC)C(=O)N(SC(C)C)SC(C)C. The Hall–Kier alpha value is -0.930. The molecule has 0 aromatic carbocycles. The van der Waals surface area contributed by atoms with Gasteiger partial charge in [-0.1, -0.05) is 45.5 Å². The minimum atomic E-state index is -0.791. The lowest BCUT2D eigenvalue weighted by atomic mass is 10.3. The van der Waals surface area contributed by atoms with E-state index in [1.807, 2.05) is 34.6 Å². The van der Waals surface area contributed by atoms with Crippen LogP contribution in [0.1, 0.15) is 47.5 Å². The number of unbranched alkanes of at least 4 members (excludes halogenated alkanes) is 1. The van der Waals surface area contributed by atoms with Crippen molar-refractivity contribution in [3.63, 3.8) is 0 Å². The van der Waals surface area contributed by atoms with Gasteiger partial charge < -0.3 is 10.1 Å². The molecule has 0 rings (SSSR count). The topological polar surface area (TPSA) is 82.5 Å². The molecule has 1 unspecified atom stereocenters. The van der Waals surface area contributed by atoms with Crippen LogP contribution in [-0.2, 0) is 4.74 Å². The Kier molecular flexibility index (Phi) is 10.4. The molecular formula is C15H31N4O3S2+. The smallest absolute Gasteiger partial charge is 0.439 e. The van der Waals surface area contributed by atoms with Crippen LogP contribution >= 0.6 is 23.9 Å². The second-order valence-electron chi connectivity index (χ2n) is 5.80. The van der Waals surface area contributed by atoms with E-state index in [1.165, 1.54) is 41.8 Å². The highest BCUT2D eigenvalue weighted by atomic mass is 32.2. The second kappa shape index (κ2) is 10.8. The molecule has 0 aliphatic rings. The van der Waals surface area contributed by atoms with Crippen LogP contribution in [-0.4, -0.2) is 57.5 Å². The predicted octanol–water partition coefficient (Wildman–Crippen LogP) is 4.06. The van der Waals surface area contributed by atoms with Gasteiger partial charge in [-0.3, -0.25) is 0 Å². The summed E-state index contributed by atoms with van der Waals surface area (Å²) in [7, 11) is 2.78. The number of methoxy groups -OCH3 is 1. The summed E-state index contributed by atoms with van der Waals surface area (Å²) in [5.74, 6) is 0. The van der Waals surface area contributed by atoms with E-state index in [0.717, 1.165) is 6.42 Å². The summed E-state index contributed by atoms with van der Waals surface area (Å²) in [5, 5.41) is 11.0. The van der Waals surface area contributed by atoms with Crippen molar-refractivity contribution in [2.75, 3.05) is 20.7 Å². The summed E-state index contributed by atoms with van der Waals surface area (Å²) >= 11 is 2.70. The number of nitrogens with zero attached hydrogens (tertiary/aromatic N) is 2. The molecule has 0 fully saturated rings. The molecule has 0 aliphatic heterocycles. The van der Waals surface area contributed by atoms with Gasteiger partial charge in [0.15, 0.2) is 0 Å². The number of nitrogens with one attached hydrogen (secondary N) is 2.